The second-order valence-electron chi connectivity index (χ2n) is 3.70. The Labute approximate surface area is 94.6 Å². The first-order chi connectivity index (χ1) is 6.69. The Hall–Kier alpha value is -0.500. The van der Waals surface area contributed by atoms with E-state index in [9.17, 15) is 0 Å². The SMILES string of the molecule is COc1cccc(C(C)C(C)CBr)c1. The quantitative estimate of drug-likeness (QED) is 0.745. The topological polar surface area (TPSA) is 9.23 Å². The first kappa shape index (κ1) is 11.6. The molecular weight excluding hydrogens is 240 g/mol. The fourth-order valence-electron chi connectivity index (χ4n) is 1.39. The van der Waals surface area contributed by atoms with Gasteiger partial charge in [0, 0.05) is 5.33 Å². The lowest BCUT2D eigenvalue weighted by atomic mass is 9.90. The van der Waals surface area contributed by atoms with Crippen LogP contribution in [0.2, 0.25) is 0 Å². The Morgan fingerprint density at radius 2 is 2.07 bits per heavy atom. The molecule has 0 aliphatic rings. The summed E-state index contributed by atoms with van der Waals surface area (Å²) < 4.78 is 5.21. The monoisotopic (exact) mass is 256 g/mol. The van der Waals surface area contributed by atoms with E-state index in [4.69, 9.17) is 4.74 Å². The third kappa shape index (κ3) is 2.74. The highest BCUT2D eigenvalue weighted by atomic mass is 79.9. The smallest absolute Gasteiger partial charge is 0.119 e. The third-order valence-corrected chi connectivity index (χ3v) is 3.74. The molecule has 0 radical (unpaired) electrons. The van der Waals surface area contributed by atoms with Crippen molar-refractivity contribution in [1.82, 2.24) is 0 Å². The van der Waals surface area contributed by atoms with Crippen LogP contribution in [0.3, 0.4) is 0 Å². The van der Waals surface area contributed by atoms with Gasteiger partial charge in [-0.25, -0.2) is 0 Å². The summed E-state index contributed by atoms with van der Waals surface area (Å²) in [4.78, 5) is 0. The molecule has 0 aromatic heterocycles. The summed E-state index contributed by atoms with van der Waals surface area (Å²) in [7, 11) is 1.71. The van der Waals surface area contributed by atoms with E-state index in [1.54, 1.807) is 7.11 Å². The first-order valence-electron chi connectivity index (χ1n) is 4.89. The third-order valence-electron chi connectivity index (χ3n) is 2.72. The number of halogens is 1. The number of ether oxygens (including phenoxy) is 1. The summed E-state index contributed by atoms with van der Waals surface area (Å²) in [5.41, 5.74) is 1.34. The predicted octanol–water partition coefficient (Wildman–Crippen LogP) is 3.83. The highest BCUT2D eigenvalue weighted by Gasteiger charge is 2.13. The van der Waals surface area contributed by atoms with Crippen LogP contribution in [0.1, 0.15) is 25.3 Å². The van der Waals surface area contributed by atoms with Crippen molar-refractivity contribution in [3.05, 3.63) is 29.8 Å². The van der Waals surface area contributed by atoms with Crippen molar-refractivity contribution in [1.29, 1.82) is 0 Å². The van der Waals surface area contributed by atoms with Crippen LogP contribution in [0.4, 0.5) is 0 Å². The molecule has 2 unspecified atom stereocenters. The summed E-state index contributed by atoms with van der Waals surface area (Å²) in [6.07, 6.45) is 0. The van der Waals surface area contributed by atoms with Gasteiger partial charge in [-0.15, -0.1) is 0 Å². The van der Waals surface area contributed by atoms with Gasteiger partial charge in [0.15, 0.2) is 0 Å². The molecule has 78 valence electrons. The molecule has 0 saturated carbocycles. The van der Waals surface area contributed by atoms with E-state index in [-0.39, 0.29) is 0 Å². The zero-order valence-corrected chi connectivity index (χ0v) is 10.5. The molecule has 0 aliphatic carbocycles. The van der Waals surface area contributed by atoms with Crippen LogP contribution in [0.5, 0.6) is 5.75 Å². The second kappa shape index (κ2) is 5.40. The van der Waals surface area contributed by atoms with E-state index < -0.39 is 0 Å². The van der Waals surface area contributed by atoms with Gasteiger partial charge in [0.25, 0.3) is 0 Å². The lowest BCUT2D eigenvalue weighted by molar-refractivity contribution is 0.413. The average Bonchev–Trinajstić information content (AvgIpc) is 2.27. The van der Waals surface area contributed by atoms with Gasteiger partial charge < -0.3 is 4.74 Å². The molecule has 0 amide bonds. The number of alkyl halides is 1. The fourth-order valence-corrected chi connectivity index (χ4v) is 1.95. The molecule has 1 nitrogen and oxygen atoms in total. The van der Waals surface area contributed by atoms with Crippen LogP contribution in [0, 0.1) is 5.92 Å². The summed E-state index contributed by atoms with van der Waals surface area (Å²) in [5, 5.41) is 1.03. The number of rotatable bonds is 4. The first-order valence-corrected chi connectivity index (χ1v) is 6.01. The molecule has 0 spiro atoms. The highest BCUT2D eigenvalue weighted by molar-refractivity contribution is 9.09. The molecule has 0 aliphatic heterocycles. The van der Waals surface area contributed by atoms with Gasteiger partial charge in [-0.3, -0.25) is 0 Å². The summed E-state index contributed by atoms with van der Waals surface area (Å²) >= 11 is 3.52. The molecule has 1 rings (SSSR count). The molecule has 0 heterocycles. The van der Waals surface area contributed by atoms with Gasteiger partial charge in [0.1, 0.15) is 5.75 Å². The second-order valence-corrected chi connectivity index (χ2v) is 4.34. The van der Waals surface area contributed by atoms with Crippen LogP contribution < -0.4 is 4.74 Å². The van der Waals surface area contributed by atoms with Gasteiger partial charge in [0.05, 0.1) is 7.11 Å². The molecule has 2 heteroatoms. The number of benzene rings is 1. The Kier molecular flexibility index (Phi) is 4.46. The largest absolute Gasteiger partial charge is 0.497 e. The lowest BCUT2D eigenvalue weighted by Gasteiger charge is -2.18. The van der Waals surface area contributed by atoms with Gasteiger partial charge in [-0.2, -0.15) is 0 Å². The number of hydrogen-bond donors (Lipinski definition) is 0. The van der Waals surface area contributed by atoms with E-state index in [0.717, 1.165) is 11.1 Å². The Balaban J connectivity index is 2.83. The molecule has 0 N–H and O–H groups in total. The van der Waals surface area contributed by atoms with E-state index in [1.807, 2.05) is 12.1 Å². The molecule has 0 bridgehead atoms. The van der Waals surface area contributed by atoms with Crippen LogP contribution in [-0.2, 0) is 0 Å². The van der Waals surface area contributed by atoms with Crippen molar-refractivity contribution in [3.8, 4) is 5.75 Å². The van der Waals surface area contributed by atoms with Gasteiger partial charge in [-0.1, -0.05) is 41.9 Å². The minimum Gasteiger partial charge on any atom is -0.497 e. The van der Waals surface area contributed by atoms with E-state index in [0.29, 0.717) is 11.8 Å². The van der Waals surface area contributed by atoms with E-state index in [2.05, 4.69) is 41.9 Å². The van der Waals surface area contributed by atoms with Crippen LogP contribution >= 0.6 is 15.9 Å². The van der Waals surface area contributed by atoms with E-state index >= 15 is 0 Å². The summed E-state index contributed by atoms with van der Waals surface area (Å²) in [6, 6.07) is 8.30. The van der Waals surface area contributed by atoms with Crippen molar-refractivity contribution >= 4 is 15.9 Å². The molecule has 1 aromatic carbocycles. The molecular formula is C12H17BrO. The van der Waals surface area contributed by atoms with Crippen LogP contribution in [0.25, 0.3) is 0 Å². The van der Waals surface area contributed by atoms with Crippen LogP contribution in [0.15, 0.2) is 24.3 Å². The molecule has 2 atom stereocenters. The maximum Gasteiger partial charge on any atom is 0.119 e. The normalized spacial score (nSPS) is 14.9. The molecule has 0 fully saturated rings. The minimum atomic E-state index is 0.560. The molecule has 1 aromatic rings. The van der Waals surface area contributed by atoms with Crippen molar-refractivity contribution in [2.24, 2.45) is 5.92 Å². The van der Waals surface area contributed by atoms with Gasteiger partial charge in [0.2, 0.25) is 0 Å². The molecule has 14 heavy (non-hydrogen) atoms. The van der Waals surface area contributed by atoms with E-state index in [1.165, 1.54) is 5.56 Å². The van der Waals surface area contributed by atoms with Crippen molar-refractivity contribution in [2.45, 2.75) is 19.8 Å². The Bertz CT molecular complexity index is 285. The zero-order chi connectivity index (χ0) is 10.6. The Morgan fingerprint density at radius 3 is 2.64 bits per heavy atom. The highest BCUT2D eigenvalue weighted by Crippen LogP contribution is 2.27. The number of methoxy groups -OCH3 is 1. The predicted molar refractivity (Wildman–Crippen MR) is 64.4 cm³/mol. The van der Waals surface area contributed by atoms with Gasteiger partial charge >= 0.3 is 0 Å². The fraction of sp³-hybridized carbons (Fsp3) is 0.500. The van der Waals surface area contributed by atoms with Crippen molar-refractivity contribution in [3.63, 3.8) is 0 Å². The van der Waals surface area contributed by atoms with Crippen molar-refractivity contribution < 1.29 is 4.74 Å². The summed E-state index contributed by atoms with van der Waals surface area (Å²) in [6.45, 7) is 4.50. The minimum absolute atomic E-state index is 0.560. The zero-order valence-electron chi connectivity index (χ0n) is 8.96. The lowest BCUT2D eigenvalue weighted by Crippen LogP contribution is -2.07. The number of hydrogen-bond acceptors (Lipinski definition) is 1. The Morgan fingerprint density at radius 1 is 1.36 bits per heavy atom. The summed E-state index contributed by atoms with van der Waals surface area (Å²) in [5.74, 6) is 2.14. The molecule has 0 saturated heterocycles. The maximum atomic E-state index is 5.21. The van der Waals surface area contributed by atoms with Crippen molar-refractivity contribution in [2.75, 3.05) is 12.4 Å². The van der Waals surface area contributed by atoms with Crippen LogP contribution in [-0.4, -0.2) is 12.4 Å². The standard InChI is InChI=1S/C12H17BrO/c1-9(8-13)10(2)11-5-4-6-12(7-11)14-3/h4-7,9-10H,8H2,1-3H3. The van der Waals surface area contributed by atoms with Gasteiger partial charge in [-0.05, 0) is 29.5 Å². The maximum absolute atomic E-state index is 5.21. The average molecular weight is 257 g/mol.